The molecule has 0 bridgehead atoms. The zero-order chi connectivity index (χ0) is 10.7. The lowest BCUT2D eigenvalue weighted by Gasteiger charge is -2.31. The first-order valence-corrected chi connectivity index (χ1v) is 6.73. The molecule has 2 fully saturated rings. The van der Waals surface area contributed by atoms with Crippen LogP contribution in [0.2, 0.25) is 0 Å². The van der Waals surface area contributed by atoms with E-state index in [1.54, 1.807) is 7.11 Å². The number of hydrogen-bond acceptors (Lipinski definition) is 3. The third-order valence-corrected chi connectivity index (χ3v) is 4.07. The third-order valence-electron chi connectivity index (χ3n) is 3.43. The number of hydrogen-bond donors (Lipinski definition) is 1. The summed E-state index contributed by atoms with van der Waals surface area (Å²) in [5, 5.41) is 3.51. The molecule has 0 saturated carbocycles. The van der Waals surface area contributed by atoms with E-state index in [1.165, 1.54) is 19.3 Å². The maximum atomic E-state index is 5.87. The smallest absolute Gasteiger partial charge is 0.0637 e. The summed E-state index contributed by atoms with van der Waals surface area (Å²) >= 11 is 3.63. The predicted octanol–water partition coefficient (Wildman–Crippen LogP) is 1.90. The van der Waals surface area contributed by atoms with E-state index >= 15 is 0 Å². The van der Waals surface area contributed by atoms with Crippen LogP contribution in [0.15, 0.2) is 0 Å². The van der Waals surface area contributed by atoms with E-state index in [-0.39, 0.29) is 0 Å². The molecule has 0 radical (unpaired) electrons. The van der Waals surface area contributed by atoms with Crippen LogP contribution in [0.4, 0.5) is 0 Å². The van der Waals surface area contributed by atoms with E-state index in [1.807, 2.05) is 0 Å². The zero-order valence-corrected chi connectivity index (χ0v) is 10.8. The molecule has 2 saturated heterocycles. The summed E-state index contributed by atoms with van der Waals surface area (Å²) in [7, 11) is 1.77. The van der Waals surface area contributed by atoms with E-state index in [9.17, 15) is 0 Å². The average molecular weight is 278 g/mol. The molecule has 0 amide bonds. The monoisotopic (exact) mass is 277 g/mol. The molecule has 0 aliphatic carbocycles. The number of halogens is 1. The third kappa shape index (κ3) is 2.93. The summed E-state index contributed by atoms with van der Waals surface area (Å²) in [6, 6.07) is 0.447. The Labute approximate surface area is 100 Å². The van der Waals surface area contributed by atoms with Crippen LogP contribution >= 0.6 is 15.9 Å². The van der Waals surface area contributed by atoms with Gasteiger partial charge in [0.25, 0.3) is 0 Å². The molecule has 4 heteroatoms. The van der Waals surface area contributed by atoms with Crippen molar-refractivity contribution in [2.45, 2.75) is 42.8 Å². The van der Waals surface area contributed by atoms with Crippen molar-refractivity contribution in [2.75, 3.05) is 20.3 Å². The average Bonchev–Trinajstić information content (AvgIpc) is 2.62. The fourth-order valence-electron chi connectivity index (χ4n) is 2.69. The zero-order valence-electron chi connectivity index (χ0n) is 9.25. The highest BCUT2D eigenvalue weighted by molar-refractivity contribution is 9.09. The Morgan fingerprint density at radius 3 is 3.00 bits per heavy atom. The summed E-state index contributed by atoms with van der Waals surface area (Å²) < 4.78 is 11.1. The summed E-state index contributed by atoms with van der Waals surface area (Å²) in [6.07, 6.45) is 5.34. The Kier molecular flexibility index (Phi) is 4.43. The minimum absolute atomic E-state index is 0.424. The van der Waals surface area contributed by atoms with Crippen molar-refractivity contribution in [3.8, 4) is 0 Å². The molecule has 1 N–H and O–H groups in total. The van der Waals surface area contributed by atoms with Crippen molar-refractivity contribution < 1.29 is 9.47 Å². The molecule has 2 heterocycles. The summed E-state index contributed by atoms with van der Waals surface area (Å²) in [6.45, 7) is 1.72. The van der Waals surface area contributed by atoms with Crippen LogP contribution in [0.3, 0.4) is 0 Å². The Bertz CT molecular complexity index is 192. The van der Waals surface area contributed by atoms with Gasteiger partial charge in [-0.05, 0) is 25.7 Å². The molecule has 0 spiro atoms. The normalized spacial score (nSPS) is 42.0. The van der Waals surface area contributed by atoms with Gasteiger partial charge in [0.2, 0.25) is 0 Å². The van der Waals surface area contributed by atoms with Crippen LogP contribution in [-0.2, 0) is 9.47 Å². The Morgan fingerprint density at radius 2 is 2.33 bits per heavy atom. The maximum absolute atomic E-state index is 5.87. The van der Waals surface area contributed by atoms with Gasteiger partial charge in [-0.2, -0.15) is 0 Å². The molecular formula is C11H20BrNO2. The largest absolute Gasteiger partial charge is 0.383 e. The van der Waals surface area contributed by atoms with Gasteiger partial charge in [-0.25, -0.2) is 0 Å². The molecular weight excluding hydrogens is 258 g/mol. The van der Waals surface area contributed by atoms with Crippen LogP contribution < -0.4 is 5.32 Å². The number of nitrogens with one attached hydrogen (secondary N) is 1. The summed E-state index contributed by atoms with van der Waals surface area (Å²) in [5.41, 5.74) is 0. The van der Waals surface area contributed by atoms with Gasteiger partial charge >= 0.3 is 0 Å². The van der Waals surface area contributed by atoms with Crippen molar-refractivity contribution in [3.05, 3.63) is 0 Å². The van der Waals surface area contributed by atoms with Gasteiger partial charge in [0.15, 0.2) is 0 Å². The Morgan fingerprint density at radius 1 is 1.47 bits per heavy atom. The molecule has 0 aromatic rings. The molecule has 15 heavy (non-hydrogen) atoms. The summed E-state index contributed by atoms with van der Waals surface area (Å²) in [4.78, 5) is 0.424. The summed E-state index contributed by atoms with van der Waals surface area (Å²) in [5.74, 6) is 0.606. The fourth-order valence-corrected chi connectivity index (χ4v) is 3.46. The highest BCUT2D eigenvalue weighted by Gasteiger charge is 2.38. The van der Waals surface area contributed by atoms with Gasteiger partial charge in [0.1, 0.15) is 0 Å². The van der Waals surface area contributed by atoms with E-state index in [2.05, 4.69) is 21.2 Å². The molecule has 0 aromatic carbocycles. The number of alkyl halides is 1. The quantitative estimate of drug-likeness (QED) is 0.632. The van der Waals surface area contributed by atoms with Gasteiger partial charge in [-0.15, -0.1) is 0 Å². The van der Waals surface area contributed by atoms with Crippen molar-refractivity contribution >= 4 is 15.9 Å². The van der Waals surface area contributed by atoms with Crippen molar-refractivity contribution in [1.82, 2.24) is 5.32 Å². The SMILES string of the molecule is COCC1NC(Br)CC1C1CCCCO1. The maximum Gasteiger partial charge on any atom is 0.0637 e. The van der Waals surface area contributed by atoms with E-state index < -0.39 is 0 Å². The fraction of sp³-hybridized carbons (Fsp3) is 1.00. The van der Waals surface area contributed by atoms with E-state index in [4.69, 9.17) is 9.47 Å². The second-order valence-electron chi connectivity index (χ2n) is 4.50. The Hall–Kier alpha value is 0.360. The minimum atomic E-state index is 0.424. The lowest BCUT2D eigenvalue weighted by Crippen LogP contribution is -2.40. The number of ether oxygens (including phenoxy) is 2. The van der Waals surface area contributed by atoms with Crippen molar-refractivity contribution in [2.24, 2.45) is 5.92 Å². The number of methoxy groups -OCH3 is 1. The van der Waals surface area contributed by atoms with Gasteiger partial charge in [0.05, 0.1) is 17.7 Å². The molecule has 4 atom stereocenters. The van der Waals surface area contributed by atoms with Gasteiger partial charge < -0.3 is 9.47 Å². The minimum Gasteiger partial charge on any atom is -0.383 e. The van der Waals surface area contributed by atoms with Crippen molar-refractivity contribution in [3.63, 3.8) is 0 Å². The number of rotatable bonds is 3. The van der Waals surface area contributed by atoms with Crippen molar-refractivity contribution in [1.29, 1.82) is 0 Å². The topological polar surface area (TPSA) is 30.5 Å². The Balaban J connectivity index is 1.92. The van der Waals surface area contributed by atoms with Gasteiger partial charge in [0, 0.05) is 25.7 Å². The molecule has 3 nitrogen and oxygen atoms in total. The standard InChI is InChI=1S/C11H20BrNO2/c1-14-7-9-8(6-11(12)13-9)10-4-2-3-5-15-10/h8-11,13H,2-7H2,1H3. The second kappa shape index (κ2) is 5.62. The molecule has 2 aliphatic heterocycles. The first-order valence-electron chi connectivity index (χ1n) is 5.82. The molecule has 4 unspecified atom stereocenters. The lowest BCUT2D eigenvalue weighted by molar-refractivity contribution is -0.0302. The second-order valence-corrected chi connectivity index (χ2v) is 5.61. The van der Waals surface area contributed by atoms with Crippen LogP contribution in [0.5, 0.6) is 0 Å². The molecule has 2 rings (SSSR count). The van der Waals surface area contributed by atoms with Gasteiger partial charge in [-0.1, -0.05) is 15.9 Å². The van der Waals surface area contributed by atoms with E-state index in [0.717, 1.165) is 19.6 Å². The lowest BCUT2D eigenvalue weighted by atomic mass is 9.90. The van der Waals surface area contributed by atoms with E-state index in [0.29, 0.717) is 23.0 Å². The van der Waals surface area contributed by atoms with Gasteiger partial charge in [-0.3, -0.25) is 5.32 Å². The van der Waals surface area contributed by atoms with Crippen LogP contribution in [-0.4, -0.2) is 37.4 Å². The highest BCUT2D eigenvalue weighted by Crippen LogP contribution is 2.32. The molecule has 2 aliphatic rings. The molecule has 0 aromatic heterocycles. The first kappa shape index (κ1) is 11.8. The van der Waals surface area contributed by atoms with Crippen LogP contribution in [0, 0.1) is 5.92 Å². The highest BCUT2D eigenvalue weighted by atomic mass is 79.9. The van der Waals surface area contributed by atoms with Crippen LogP contribution in [0.25, 0.3) is 0 Å². The molecule has 88 valence electrons. The first-order chi connectivity index (χ1) is 7.31. The van der Waals surface area contributed by atoms with Crippen LogP contribution in [0.1, 0.15) is 25.7 Å². The predicted molar refractivity (Wildman–Crippen MR) is 63.2 cm³/mol.